The molecule has 0 aliphatic heterocycles. The zero-order valence-corrected chi connectivity index (χ0v) is 81.0. The summed E-state index contributed by atoms with van der Waals surface area (Å²) in [5.41, 5.74) is 18.8. The molecular weight excluding hydrogens is 1650 g/mol. The van der Waals surface area contributed by atoms with Crippen molar-refractivity contribution in [3.05, 3.63) is 329 Å². The van der Waals surface area contributed by atoms with Crippen LogP contribution in [-0.2, 0) is 29.6 Å². The molecule has 0 saturated heterocycles. The lowest BCUT2D eigenvalue weighted by Crippen LogP contribution is -2.19. The van der Waals surface area contributed by atoms with Crippen LogP contribution in [0.1, 0.15) is 325 Å². The Morgan fingerprint density at radius 1 is 0.349 bits per heavy atom. The predicted molar refractivity (Wildman–Crippen MR) is 519 cm³/mol. The number of para-hydroxylation sites is 2. The molecule has 1 heterocycles. The molecule has 10 aromatic carbocycles. The van der Waals surface area contributed by atoms with Gasteiger partial charge in [0, 0.05) is 5.56 Å². The van der Waals surface area contributed by atoms with Gasteiger partial charge in [-0.25, -0.2) is 28.8 Å². The van der Waals surface area contributed by atoms with Gasteiger partial charge in [-0.05, 0) is 234 Å². The molecule has 0 saturated carbocycles. The van der Waals surface area contributed by atoms with Crippen molar-refractivity contribution < 1.29 is 81.9 Å². The number of carboxylic acid groups (broad SMARTS) is 6. The van der Waals surface area contributed by atoms with Crippen molar-refractivity contribution in [2.45, 2.75) is 234 Å². The van der Waals surface area contributed by atoms with E-state index in [2.05, 4.69) is 104 Å². The highest BCUT2D eigenvalue weighted by molar-refractivity contribution is 7.84. The van der Waals surface area contributed by atoms with Gasteiger partial charge >= 0.3 is 46.1 Å². The number of tetrazole rings is 1. The number of hydrogen-bond acceptors (Lipinski definition) is 14. The average molecular weight is 1790 g/mol. The zero-order chi connectivity index (χ0) is 97.9. The molecule has 0 aliphatic rings. The number of nitrogens with two attached hydrogens (primary N) is 1. The van der Waals surface area contributed by atoms with Crippen molar-refractivity contribution in [3.8, 4) is 28.6 Å². The highest BCUT2D eigenvalue weighted by Crippen LogP contribution is 2.30. The van der Waals surface area contributed by atoms with Crippen molar-refractivity contribution in [2.75, 3.05) is 7.11 Å². The number of aromatic amines is 1. The summed E-state index contributed by atoms with van der Waals surface area (Å²) >= 11 is 0. The smallest absolute Gasteiger partial charge is 0.380 e. The second-order valence-corrected chi connectivity index (χ2v) is 35.8. The van der Waals surface area contributed by atoms with Crippen molar-refractivity contribution >= 4 is 46.1 Å². The number of hydrogen-bond donors (Lipinski definition) is 9. The fourth-order valence-electron chi connectivity index (χ4n) is 13.2. The Hall–Kier alpha value is -12.6. The molecule has 129 heavy (non-hydrogen) atoms. The number of aromatic hydroxyl groups is 1. The number of carbonyl (C=O) groups is 6. The molecule has 11 aromatic rings. The van der Waals surface area contributed by atoms with E-state index in [1.165, 1.54) is 30.2 Å². The Morgan fingerprint density at radius 3 is 0.969 bits per heavy atom. The first-order chi connectivity index (χ1) is 60.3. The molecule has 0 atom stereocenters. The summed E-state index contributed by atoms with van der Waals surface area (Å²) < 4.78 is 31.2. The molecule has 22 nitrogen and oxygen atoms in total. The Bertz CT molecular complexity index is 5140. The van der Waals surface area contributed by atoms with E-state index in [4.69, 9.17) is 40.5 Å². The number of aryl methyl sites for hydroxylation is 5. The van der Waals surface area contributed by atoms with Crippen LogP contribution in [0.2, 0.25) is 0 Å². The monoisotopic (exact) mass is 1790 g/mol. The Morgan fingerprint density at radius 2 is 0.643 bits per heavy atom. The molecule has 0 spiro atoms. The van der Waals surface area contributed by atoms with Crippen LogP contribution >= 0.6 is 0 Å². The van der Waals surface area contributed by atoms with Crippen LogP contribution in [0.25, 0.3) is 11.4 Å². The topological polar surface area (TPSA) is 377 Å². The fourth-order valence-corrected chi connectivity index (χ4v) is 13.6. The molecular formula is C106H139N5O17S. The van der Waals surface area contributed by atoms with Crippen LogP contribution in [0.4, 0.5) is 0 Å². The SMILES string of the molecule is CC(C)Cc1ccccc1O.CC(C)Cc1ccccc1OS(N)(=O)=O.CC(C)c1ccccc1-c1nn[nH]n1.CC(C)c1ccccc1C(=O)O.COc1ccc(C(C)C)c(C(=O)O)c1.Cc1ccc(C(C)C)c(C(=O)O)c1.Cc1ccc(C(C)C)c(C(=O)O)c1.Cc1ccc(C(C)C)c(C(=O)O)c1.Cc1ccc(C(C)C)c(C(=O)O)c1.Cc1ccccc1CC(C)C. The van der Waals surface area contributed by atoms with Gasteiger partial charge in [0.2, 0.25) is 5.82 Å². The highest BCUT2D eigenvalue weighted by atomic mass is 32.2. The third-order valence-electron chi connectivity index (χ3n) is 19.7. The Kier molecular flexibility index (Phi) is 49.3. The lowest BCUT2D eigenvalue weighted by Gasteiger charge is -2.10. The first-order valence-corrected chi connectivity index (χ1v) is 44.8. The lowest BCUT2D eigenvalue weighted by molar-refractivity contribution is 0.0684. The van der Waals surface area contributed by atoms with Gasteiger partial charge < -0.3 is 44.7 Å². The molecule has 1 aromatic heterocycles. The average Bonchev–Trinajstić information content (AvgIpc) is 1.60. The van der Waals surface area contributed by atoms with E-state index in [0.29, 0.717) is 74.2 Å². The van der Waals surface area contributed by atoms with E-state index < -0.39 is 46.1 Å². The molecule has 696 valence electrons. The minimum atomic E-state index is -3.94. The van der Waals surface area contributed by atoms with Crippen molar-refractivity contribution in [2.24, 2.45) is 22.9 Å². The number of phenols is 1. The number of methoxy groups -OCH3 is 1. The molecule has 10 N–H and O–H groups in total. The largest absolute Gasteiger partial charge is 0.508 e. The van der Waals surface area contributed by atoms with Crippen LogP contribution in [0, 0.1) is 52.4 Å². The highest BCUT2D eigenvalue weighted by Gasteiger charge is 2.20. The molecule has 0 fully saturated rings. The number of rotatable bonds is 23. The van der Waals surface area contributed by atoms with E-state index in [1.807, 2.05) is 234 Å². The standard InChI is InChI=1S/C11H14O3.4C11H14O2.C11H16.C10H12N4.C10H15NO3S.C10H12O2.C10H14O/c1-7(2)9-5-4-8(14-3)6-10(9)11(12)13;4*1-7(2)9-5-4-8(3)6-10(9)11(12)13;1-9(2)8-11-7-5-4-6-10(11)3;1-7(2)8-5-3-4-6-9(8)10-11-13-14-12-10;1-8(2)7-9-5-3-4-6-10(9)14-15(11,12)13;1-7(2)8-5-3-4-6-9(8)10(11)12;1-8(2)7-9-5-3-4-6-10(9)11/h4-7H,1-3H3,(H,12,13);4*4-7H,1-3H3,(H,12,13);4-7,9H,8H2,1-3H3;3-7H,1-2H3,(H,11,12,13,14);3-6,8H,7H2,1-2H3,(H2,11,12,13);3-7H,1-2H3,(H,11,12);3-6,8,11H,7H2,1-2H3. The Labute approximate surface area is 765 Å². The molecule has 23 heteroatoms. The fraction of sp³-hybridized carbons (Fsp3) is 0.368. The van der Waals surface area contributed by atoms with E-state index in [0.717, 1.165) is 91.1 Å². The van der Waals surface area contributed by atoms with Crippen molar-refractivity contribution in [1.82, 2.24) is 20.6 Å². The number of nitrogens with zero attached hydrogens (tertiary/aromatic N) is 3. The molecule has 0 amide bonds. The second kappa shape index (κ2) is 56.6. The van der Waals surface area contributed by atoms with Crippen molar-refractivity contribution in [3.63, 3.8) is 0 Å². The first kappa shape index (κ1) is 112. The summed E-state index contributed by atoms with van der Waals surface area (Å²) in [5.74, 6) is 0.586. The number of ether oxygens (including phenoxy) is 1. The summed E-state index contributed by atoms with van der Waals surface area (Å²) in [6, 6.07) is 65.7. The number of nitrogens with one attached hydrogen (secondary N) is 1. The van der Waals surface area contributed by atoms with Gasteiger partial charge in [0.1, 0.15) is 17.2 Å². The summed E-state index contributed by atoms with van der Waals surface area (Å²) in [6.45, 7) is 50.9. The van der Waals surface area contributed by atoms with E-state index >= 15 is 0 Å². The van der Waals surface area contributed by atoms with Gasteiger partial charge in [0.05, 0.1) is 40.5 Å². The molecule has 0 aliphatic carbocycles. The van der Waals surface area contributed by atoms with E-state index in [9.17, 15) is 42.3 Å². The second-order valence-electron chi connectivity index (χ2n) is 34.7. The summed E-state index contributed by atoms with van der Waals surface area (Å²) in [7, 11) is -2.41. The van der Waals surface area contributed by atoms with Gasteiger partial charge in [-0.15, -0.1) is 10.2 Å². The van der Waals surface area contributed by atoms with E-state index in [-0.39, 0.29) is 35.5 Å². The number of H-pyrrole nitrogens is 1. The van der Waals surface area contributed by atoms with Crippen LogP contribution < -0.4 is 14.1 Å². The maximum atomic E-state index is 10.9. The van der Waals surface area contributed by atoms with Crippen LogP contribution in [-0.4, -0.2) is 108 Å². The number of aromatic nitrogens is 4. The minimum Gasteiger partial charge on any atom is -0.508 e. The van der Waals surface area contributed by atoms with Crippen molar-refractivity contribution in [1.29, 1.82) is 0 Å². The zero-order valence-electron chi connectivity index (χ0n) is 80.1. The number of carboxylic acids is 6. The first-order valence-electron chi connectivity index (χ1n) is 43.4. The van der Waals surface area contributed by atoms with Gasteiger partial charge in [0.15, 0.2) is 0 Å². The maximum absolute atomic E-state index is 10.9. The van der Waals surface area contributed by atoms with Crippen LogP contribution in [0.5, 0.6) is 17.2 Å². The summed E-state index contributed by atoms with van der Waals surface area (Å²) in [4.78, 5) is 65.2. The molecule has 0 radical (unpaired) electrons. The van der Waals surface area contributed by atoms with Gasteiger partial charge in [0.25, 0.3) is 0 Å². The molecule has 0 bridgehead atoms. The van der Waals surface area contributed by atoms with Crippen LogP contribution in [0.3, 0.4) is 0 Å². The minimum absolute atomic E-state index is 0.201. The number of aromatic carboxylic acids is 6. The predicted octanol–water partition coefficient (Wildman–Crippen LogP) is 25.5. The lowest BCUT2D eigenvalue weighted by atomic mass is 9.96. The third-order valence-corrected chi connectivity index (χ3v) is 20.1. The number of phenolic OH excluding ortho intramolecular Hbond substituents is 1. The summed E-state index contributed by atoms with van der Waals surface area (Å²) in [6.07, 6.45) is 2.91. The summed E-state index contributed by atoms with van der Waals surface area (Å²) in [5, 5.41) is 81.7. The third kappa shape index (κ3) is 41.4. The quantitative estimate of drug-likeness (QED) is 0.0287. The van der Waals surface area contributed by atoms with Gasteiger partial charge in [-0.3, -0.25) is 0 Å². The van der Waals surface area contributed by atoms with Gasteiger partial charge in [-0.2, -0.15) is 18.8 Å². The Balaban J connectivity index is 0.000000486. The maximum Gasteiger partial charge on any atom is 0.380 e. The van der Waals surface area contributed by atoms with Gasteiger partial charge in [-0.1, -0.05) is 318 Å². The van der Waals surface area contributed by atoms with Crippen LogP contribution in [0.15, 0.2) is 212 Å². The molecule has 0 unspecified atom stereocenters. The van der Waals surface area contributed by atoms with E-state index in [1.54, 1.807) is 72.8 Å². The normalized spacial score (nSPS) is 10.6. The molecule has 11 rings (SSSR count). The number of benzene rings is 10.